The zero-order valence-electron chi connectivity index (χ0n) is 18.3. The van der Waals surface area contributed by atoms with Gasteiger partial charge in [0.25, 0.3) is 5.91 Å². The van der Waals surface area contributed by atoms with Crippen LogP contribution in [0.25, 0.3) is 5.57 Å². The van der Waals surface area contributed by atoms with Gasteiger partial charge < -0.3 is 5.32 Å². The first-order valence-electron chi connectivity index (χ1n) is 10.8. The summed E-state index contributed by atoms with van der Waals surface area (Å²) in [5.74, 6) is -0.349. The molecule has 1 aromatic carbocycles. The van der Waals surface area contributed by atoms with Crippen molar-refractivity contribution in [2.45, 2.75) is 45.1 Å². The first-order chi connectivity index (χ1) is 15.5. The van der Waals surface area contributed by atoms with E-state index < -0.39 is 0 Å². The molecule has 2 N–H and O–H groups in total. The number of fused-ring (bicyclic) bond motifs is 1. The molecule has 4 rings (SSSR count). The highest BCUT2D eigenvalue weighted by molar-refractivity contribution is 8.19. The van der Waals surface area contributed by atoms with Gasteiger partial charge in [-0.05, 0) is 72.4 Å². The average Bonchev–Trinajstić information content (AvgIpc) is 2.93. The monoisotopic (exact) mass is 450 g/mol. The van der Waals surface area contributed by atoms with Crippen molar-refractivity contribution in [3.8, 4) is 0 Å². The van der Waals surface area contributed by atoms with Gasteiger partial charge in [0.2, 0.25) is 0 Å². The Morgan fingerprint density at radius 1 is 1.25 bits per heavy atom. The first kappa shape index (κ1) is 22.3. The number of carbonyl (C=O) groups excluding carboxylic acids is 1. The van der Waals surface area contributed by atoms with Gasteiger partial charge >= 0.3 is 0 Å². The van der Waals surface area contributed by atoms with Crippen molar-refractivity contribution in [1.29, 1.82) is 0 Å². The first-order valence-corrected chi connectivity index (χ1v) is 11.7. The number of amides is 1. The number of nitrogens with zero attached hydrogens (tertiary/aromatic N) is 2. The predicted octanol–water partition coefficient (Wildman–Crippen LogP) is 5.00. The molecule has 0 saturated heterocycles. The van der Waals surface area contributed by atoms with Gasteiger partial charge in [0.15, 0.2) is 5.04 Å². The summed E-state index contributed by atoms with van der Waals surface area (Å²) >= 11 is 1.44. The van der Waals surface area contributed by atoms with Crippen LogP contribution in [0.15, 0.2) is 64.8 Å². The number of carbonyl (C=O) groups is 1. The van der Waals surface area contributed by atoms with E-state index in [4.69, 9.17) is 0 Å². The molecule has 0 fully saturated rings. The normalized spacial score (nSPS) is 20.2. The fourth-order valence-electron chi connectivity index (χ4n) is 4.15. The highest BCUT2D eigenvalue weighted by Crippen LogP contribution is 2.35. The molecule has 32 heavy (non-hydrogen) atoms. The van der Waals surface area contributed by atoms with E-state index in [1.165, 1.54) is 17.8 Å². The van der Waals surface area contributed by atoms with E-state index in [9.17, 15) is 9.18 Å². The predicted molar refractivity (Wildman–Crippen MR) is 128 cm³/mol. The van der Waals surface area contributed by atoms with Crippen molar-refractivity contribution in [2.24, 2.45) is 4.99 Å². The largest absolute Gasteiger partial charge is 0.345 e. The summed E-state index contributed by atoms with van der Waals surface area (Å²) in [4.78, 5) is 18.8. The van der Waals surface area contributed by atoms with E-state index in [0.29, 0.717) is 18.0 Å². The molecule has 1 unspecified atom stereocenters. The molecule has 1 aliphatic carbocycles. The molecule has 2 aromatic rings. The van der Waals surface area contributed by atoms with Crippen LogP contribution >= 0.6 is 11.8 Å². The summed E-state index contributed by atoms with van der Waals surface area (Å²) in [6, 6.07) is 12.7. The Hall–Kier alpha value is -2.93. The summed E-state index contributed by atoms with van der Waals surface area (Å²) in [5, 5.41) is 10.8. The van der Waals surface area contributed by atoms with Crippen LogP contribution in [0.5, 0.6) is 0 Å². The van der Waals surface area contributed by atoms with Gasteiger partial charge in [0.05, 0.1) is 12.7 Å². The fraction of sp³-hybridized carbons (Fsp3) is 0.320. The number of thioether (sulfide) groups is 1. The molecule has 166 valence electrons. The molecular formula is C25H27FN4OS. The summed E-state index contributed by atoms with van der Waals surface area (Å²) in [6.07, 6.45) is 6.56. The van der Waals surface area contributed by atoms with Gasteiger partial charge in [-0.3, -0.25) is 14.9 Å². The van der Waals surface area contributed by atoms with E-state index >= 15 is 0 Å². The quantitative estimate of drug-likeness (QED) is 0.688. The topological polar surface area (TPSA) is 70.1 Å². The number of benzene rings is 1. The molecular weight excluding hydrogens is 423 g/mol. The van der Waals surface area contributed by atoms with E-state index in [2.05, 4.69) is 34.4 Å². The highest BCUT2D eigenvalue weighted by Gasteiger charge is 2.33. The molecule has 1 aromatic heterocycles. The lowest BCUT2D eigenvalue weighted by Crippen LogP contribution is -2.51. The Morgan fingerprint density at radius 3 is 2.97 bits per heavy atom. The molecule has 0 spiro atoms. The number of aliphatic imine (C=N–C) groups is 1. The summed E-state index contributed by atoms with van der Waals surface area (Å²) in [7, 11) is 0. The maximum atomic E-state index is 13.5. The maximum absolute atomic E-state index is 13.5. The van der Waals surface area contributed by atoms with Crippen molar-refractivity contribution in [3.63, 3.8) is 0 Å². The Balaban J connectivity index is 1.49. The number of nitrogens with one attached hydrogen (secondary N) is 2. The van der Waals surface area contributed by atoms with Crippen LogP contribution in [0.4, 0.5) is 4.39 Å². The number of rotatable bonds is 4. The van der Waals surface area contributed by atoms with Gasteiger partial charge in [-0.25, -0.2) is 4.39 Å². The van der Waals surface area contributed by atoms with Gasteiger partial charge in [-0.2, -0.15) is 5.10 Å². The third-order valence-electron chi connectivity index (χ3n) is 5.86. The third kappa shape index (κ3) is 5.10. The van der Waals surface area contributed by atoms with Crippen molar-refractivity contribution >= 4 is 28.3 Å². The number of hydrogen-bond donors (Lipinski definition) is 2. The maximum Gasteiger partial charge on any atom is 0.276 e. The molecule has 2 aliphatic rings. The molecule has 1 amide bonds. The minimum absolute atomic E-state index is 0.143. The Morgan fingerprint density at radius 2 is 2.12 bits per heavy atom. The minimum atomic E-state index is -0.377. The second-order valence-corrected chi connectivity index (χ2v) is 9.42. The van der Waals surface area contributed by atoms with Crippen LogP contribution in [0.3, 0.4) is 0 Å². The van der Waals surface area contributed by atoms with Crippen LogP contribution < -0.4 is 5.32 Å². The van der Waals surface area contributed by atoms with Crippen LogP contribution in [0.2, 0.25) is 0 Å². The number of allylic oxidation sites excluding steroid dienone is 1. The summed E-state index contributed by atoms with van der Waals surface area (Å²) in [5.41, 5.74) is 3.82. The highest BCUT2D eigenvalue weighted by atomic mass is 32.2. The number of halogens is 1. The second kappa shape index (κ2) is 9.69. The number of aromatic nitrogens is 2. The molecule has 0 saturated carbocycles. The lowest BCUT2D eigenvalue weighted by molar-refractivity contribution is -0.116. The van der Waals surface area contributed by atoms with Crippen molar-refractivity contribution < 1.29 is 9.18 Å². The molecule has 1 aliphatic heterocycles. The molecule has 5 nitrogen and oxygen atoms in total. The molecule has 0 bridgehead atoms. The van der Waals surface area contributed by atoms with E-state index in [-0.39, 0.29) is 17.3 Å². The summed E-state index contributed by atoms with van der Waals surface area (Å²) in [6.45, 7) is 4.58. The second-order valence-electron chi connectivity index (χ2n) is 8.34. The van der Waals surface area contributed by atoms with Crippen molar-refractivity contribution in [1.82, 2.24) is 15.5 Å². The number of aromatic amines is 1. The Kier molecular flexibility index (Phi) is 6.74. The van der Waals surface area contributed by atoms with Crippen molar-refractivity contribution in [3.05, 3.63) is 82.3 Å². The number of H-pyrrole nitrogens is 1. The SMILES string of the molecule is CCC1=C(c2ccccc[nH]nc2)CN=C(C(=O)NC2(C)CCc3cc(F)ccc3C2)S1. The lowest BCUT2D eigenvalue weighted by Gasteiger charge is -2.36. The lowest BCUT2D eigenvalue weighted by atomic mass is 9.79. The van der Waals surface area contributed by atoms with E-state index in [1.807, 2.05) is 30.3 Å². The number of aryl methyl sites for hydroxylation is 1. The van der Waals surface area contributed by atoms with E-state index in [1.54, 1.807) is 18.5 Å². The summed E-state index contributed by atoms with van der Waals surface area (Å²) < 4.78 is 13.5. The Labute approximate surface area is 192 Å². The average molecular weight is 451 g/mol. The standard InChI is InChI=1S/C25H27FN4OS/c1-3-22-21(19-7-5-4-6-12-28-29-15-19)16-27-24(32-22)23(31)30-25(2)11-10-17-13-20(26)9-8-18(17)14-25/h4-9,12-13,15,28H,3,10-11,14,16H2,1-2H3,(H,30,31). The fourth-order valence-corrected chi connectivity index (χ4v) is 5.11. The molecule has 2 heterocycles. The van der Waals surface area contributed by atoms with Crippen LogP contribution in [0, 0.1) is 5.82 Å². The molecule has 0 radical (unpaired) electrons. The van der Waals surface area contributed by atoms with Gasteiger partial charge in [-0.1, -0.05) is 43.0 Å². The van der Waals surface area contributed by atoms with Crippen LogP contribution in [0.1, 0.15) is 43.4 Å². The molecule has 7 heteroatoms. The van der Waals surface area contributed by atoms with Crippen LogP contribution in [-0.4, -0.2) is 33.2 Å². The smallest absolute Gasteiger partial charge is 0.276 e. The minimum Gasteiger partial charge on any atom is -0.345 e. The van der Waals surface area contributed by atoms with Gasteiger partial charge in [0, 0.05) is 17.3 Å². The van der Waals surface area contributed by atoms with Crippen molar-refractivity contribution in [2.75, 3.05) is 6.54 Å². The van der Waals surface area contributed by atoms with Gasteiger partial charge in [0.1, 0.15) is 5.82 Å². The van der Waals surface area contributed by atoms with Gasteiger partial charge in [-0.15, -0.1) is 0 Å². The third-order valence-corrected chi connectivity index (χ3v) is 7.15. The van der Waals surface area contributed by atoms with Crippen LogP contribution in [-0.2, 0) is 17.6 Å². The Bertz CT molecular complexity index is 1110. The number of hydrogen-bond acceptors (Lipinski definition) is 4. The van der Waals surface area contributed by atoms with E-state index in [0.717, 1.165) is 46.4 Å². The molecule has 1 atom stereocenters. The zero-order chi connectivity index (χ0) is 22.6. The zero-order valence-corrected chi connectivity index (χ0v) is 19.1.